The minimum absolute atomic E-state index is 0.119. The fourth-order valence-electron chi connectivity index (χ4n) is 3.67. The van der Waals surface area contributed by atoms with E-state index in [1.807, 2.05) is 48.5 Å². The van der Waals surface area contributed by atoms with E-state index in [0.717, 1.165) is 22.3 Å². The highest BCUT2D eigenvalue weighted by Gasteiger charge is 2.24. The van der Waals surface area contributed by atoms with Gasteiger partial charge < -0.3 is 24.1 Å². The van der Waals surface area contributed by atoms with Crippen LogP contribution in [0.5, 0.6) is 5.75 Å². The Balaban J connectivity index is 1.49. The summed E-state index contributed by atoms with van der Waals surface area (Å²) in [5.74, 6) is 1.18. The van der Waals surface area contributed by atoms with E-state index in [1.165, 1.54) is 0 Å². The molecule has 0 saturated carbocycles. The third-order valence-corrected chi connectivity index (χ3v) is 5.33. The number of rotatable bonds is 5. The van der Waals surface area contributed by atoms with E-state index in [0.29, 0.717) is 49.8 Å². The van der Waals surface area contributed by atoms with Crippen LogP contribution in [0.2, 0.25) is 0 Å². The molecule has 1 fully saturated rings. The van der Waals surface area contributed by atoms with Crippen molar-refractivity contribution < 1.29 is 18.7 Å². The molecule has 0 unspecified atom stereocenters. The van der Waals surface area contributed by atoms with Crippen LogP contribution in [0.1, 0.15) is 16.2 Å². The number of hydrogen-bond donors (Lipinski definition) is 1. The van der Waals surface area contributed by atoms with Crippen LogP contribution in [-0.2, 0) is 11.3 Å². The first-order valence-corrected chi connectivity index (χ1v) is 10.2. The van der Waals surface area contributed by atoms with Crippen LogP contribution < -0.4 is 15.0 Å². The molecule has 3 heterocycles. The van der Waals surface area contributed by atoms with Gasteiger partial charge in [0.15, 0.2) is 11.4 Å². The van der Waals surface area contributed by atoms with E-state index in [-0.39, 0.29) is 11.7 Å². The number of para-hydroxylation sites is 1. The molecule has 1 saturated heterocycles. The van der Waals surface area contributed by atoms with Gasteiger partial charge in [0.05, 0.1) is 20.3 Å². The summed E-state index contributed by atoms with van der Waals surface area (Å²) in [5.41, 5.74) is 2.91. The second-order valence-corrected chi connectivity index (χ2v) is 7.28. The Morgan fingerprint density at radius 1 is 1.10 bits per heavy atom. The van der Waals surface area contributed by atoms with E-state index >= 15 is 0 Å². The van der Waals surface area contributed by atoms with Gasteiger partial charge in [-0.3, -0.25) is 4.79 Å². The number of nitrogens with one attached hydrogen (secondary N) is 1. The van der Waals surface area contributed by atoms with Crippen molar-refractivity contribution in [1.29, 1.82) is 0 Å². The number of methoxy groups -OCH3 is 1. The topological polar surface area (TPSA) is 89.7 Å². The predicted octanol–water partition coefficient (Wildman–Crippen LogP) is 3.15. The van der Waals surface area contributed by atoms with Gasteiger partial charge in [0, 0.05) is 25.0 Å². The van der Waals surface area contributed by atoms with Crippen LogP contribution in [-0.4, -0.2) is 49.3 Å². The molecule has 1 amide bonds. The van der Waals surface area contributed by atoms with Crippen LogP contribution in [0.4, 0.5) is 5.82 Å². The van der Waals surface area contributed by atoms with Crippen molar-refractivity contribution in [3.05, 3.63) is 59.9 Å². The normalized spacial score (nSPS) is 14.2. The first-order valence-electron chi connectivity index (χ1n) is 10.2. The zero-order valence-corrected chi connectivity index (χ0v) is 17.1. The maximum Gasteiger partial charge on any atom is 0.289 e. The van der Waals surface area contributed by atoms with Gasteiger partial charge in [0.2, 0.25) is 5.82 Å². The lowest BCUT2D eigenvalue weighted by Gasteiger charge is -2.27. The van der Waals surface area contributed by atoms with Gasteiger partial charge in [-0.05, 0) is 29.8 Å². The van der Waals surface area contributed by atoms with Crippen molar-refractivity contribution in [2.24, 2.45) is 0 Å². The van der Waals surface area contributed by atoms with E-state index in [4.69, 9.17) is 13.9 Å². The molecular formula is C23H22N4O4. The van der Waals surface area contributed by atoms with Crippen molar-refractivity contribution in [2.45, 2.75) is 6.54 Å². The average molecular weight is 418 g/mol. The molecule has 31 heavy (non-hydrogen) atoms. The summed E-state index contributed by atoms with van der Waals surface area (Å²) in [6.07, 6.45) is 0. The summed E-state index contributed by atoms with van der Waals surface area (Å²) in [4.78, 5) is 24.2. The molecule has 1 N–H and O–H groups in total. The zero-order valence-electron chi connectivity index (χ0n) is 17.1. The van der Waals surface area contributed by atoms with Gasteiger partial charge in [-0.1, -0.05) is 24.3 Å². The Hall–Kier alpha value is -3.65. The molecule has 8 heteroatoms. The summed E-state index contributed by atoms with van der Waals surface area (Å²) in [6.45, 7) is 2.92. The van der Waals surface area contributed by atoms with E-state index in [1.54, 1.807) is 7.11 Å². The fourth-order valence-corrected chi connectivity index (χ4v) is 3.67. The Labute approximate surface area is 178 Å². The third kappa shape index (κ3) is 3.77. The average Bonchev–Trinajstić information content (AvgIpc) is 3.21. The standard InChI is InChI=1S/C23H22N4O4/c1-29-16-8-6-15(7-9-16)14-24-23(28)21-25-19-17-4-2-3-5-18(17)31-20(19)22(26-21)27-10-12-30-13-11-27/h2-9H,10-14H2,1H3,(H,24,28). The highest BCUT2D eigenvalue weighted by atomic mass is 16.5. The van der Waals surface area contributed by atoms with Crippen LogP contribution in [0.3, 0.4) is 0 Å². The molecule has 1 aliphatic heterocycles. The maximum atomic E-state index is 12.9. The lowest BCUT2D eigenvalue weighted by atomic mass is 10.2. The number of carbonyl (C=O) groups is 1. The molecule has 5 rings (SSSR count). The minimum Gasteiger partial charge on any atom is -0.497 e. The second kappa shape index (κ2) is 8.23. The quantitative estimate of drug-likeness (QED) is 0.532. The molecule has 0 bridgehead atoms. The molecule has 2 aromatic heterocycles. The summed E-state index contributed by atoms with van der Waals surface area (Å²) in [7, 11) is 1.62. The lowest BCUT2D eigenvalue weighted by molar-refractivity contribution is 0.0940. The number of fused-ring (bicyclic) bond motifs is 3. The maximum absolute atomic E-state index is 12.9. The first kappa shape index (κ1) is 19.3. The summed E-state index contributed by atoms with van der Waals surface area (Å²) < 4.78 is 16.7. The SMILES string of the molecule is COc1ccc(CNC(=O)c2nc(N3CCOCC3)c3oc4ccccc4c3n2)cc1. The number of morpholine rings is 1. The van der Waals surface area contributed by atoms with Gasteiger partial charge in [0.25, 0.3) is 5.91 Å². The Morgan fingerprint density at radius 3 is 2.65 bits per heavy atom. The Bertz CT molecular complexity index is 1230. The Morgan fingerprint density at radius 2 is 1.87 bits per heavy atom. The minimum atomic E-state index is -0.336. The number of carbonyl (C=O) groups excluding carboxylic acids is 1. The molecule has 0 radical (unpaired) electrons. The van der Waals surface area contributed by atoms with Crippen molar-refractivity contribution in [1.82, 2.24) is 15.3 Å². The second-order valence-electron chi connectivity index (χ2n) is 7.28. The molecular weight excluding hydrogens is 396 g/mol. The zero-order chi connectivity index (χ0) is 21.2. The highest BCUT2D eigenvalue weighted by Crippen LogP contribution is 2.33. The monoisotopic (exact) mass is 418 g/mol. The number of aromatic nitrogens is 2. The number of nitrogens with zero attached hydrogens (tertiary/aromatic N) is 3. The number of amides is 1. The molecule has 8 nitrogen and oxygen atoms in total. The molecule has 0 aliphatic carbocycles. The van der Waals surface area contributed by atoms with Crippen LogP contribution in [0.15, 0.2) is 52.9 Å². The Kier molecular flexibility index (Phi) is 5.13. The van der Waals surface area contributed by atoms with Crippen LogP contribution in [0.25, 0.3) is 22.1 Å². The van der Waals surface area contributed by atoms with Gasteiger partial charge in [0.1, 0.15) is 16.8 Å². The smallest absolute Gasteiger partial charge is 0.289 e. The van der Waals surface area contributed by atoms with E-state index in [2.05, 4.69) is 20.2 Å². The predicted molar refractivity (Wildman–Crippen MR) is 117 cm³/mol. The third-order valence-electron chi connectivity index (χ3n) is 5.33. The lowest BCUT2D eigenvalue weighted by Crippen LogP contribution is -2.37. The van der Waals surface area contributed by atoms with Crippen molar-refractivity contribution in [2.75, 3.05) is 38.3 Å². The van der Waals surface area contributed by atoms with Crippen molar-refractivity contribution in [3.63, 3.8) is 0 Å². The van der Waals surface area contributed by atoms with Crippen molar-refractivity contribution >= 4 is 33.8 Å². The van der Waals surface area contributed by atoms with Crippen LogP contribution in [0, 0.1) is 0 Å². The molecule has 0 spiro atoms. The summed E-state index contributed by atoms with van der Waals surface area (Å²) in [5, 5.41) is 3.77. The molecule has 1 aliphatic rings. The number of hydrogen-bond acceptors (Lipinski definition) is 7. The van der Waals surface area contributed by atoms with Gasteiger partial charge in [-0.15, -0.1) is 0 Å². The summed E-state index contributed by atoms with van der Waals surface area (Å²) in [6, 6.07) is 15.2. The van der Waals surface area contributed by atoms with Gasteiger partial charge in [-0.2, -0.15) is 0 Å². The van der Waals surface area contributed by atoms with E-state index in [9.17, 15) is 4.79 Å². The van der Waals surface area contributed by atoms with E-state index < -0.39 is 0 Å². The number of anilines is 1. The molecule has 0 atom stereocenters. The van der Waals surface area contributed by atoms with Crippen LogP contribution >= 0.6 is 0 Å². The van der Waals surface area contributed by atoms with Gasteiger partial charge in [-0.25, -0.2) is 9.97 Å². The highest BCUT2D eigenvalue weighted by molar-refractivity contribution is 6.07. The fraction of sp³-hybridized carbons (Fsp3) is 0.261. The number of furan rings is 1. The molecule has 158 valence electrons. The van der Waals surface area contributed by atoms with Crippen molar-refractivity contribution in [3.8, 4) is 5.75 Å². The van der Waals surface area contributed by atoms with Gasteiger partial charge >= 0.3 is 0 Å². The molecule has 2 aromatic carbocycles. The molecule has 4 aromatic rings. The number of ether oxygens (including phenoxy) is 2. The largest absolute Gasteiger partial charge is 0.497 e. The number of benzene rings is 2. The first-order chi connectivity index (χ1) is 15.2. The summed E-state index contributed by atoms with van der Waals surface area (Å²) >= 11 is 0.